The second-order valence-electron chi connectivity index (χ2n) is 5.02. The Morgan fingerprint density at radius 3 is 2.32 bits per heavy atom. The highest BCUT2D eigenvalue weighted by Gasteiger charge is 2.35. The Bertz CT molecular complexity index is 651. The van der Waals surface area contributed by atoms with Crippen LogP contribution in [0.25, 0.3) is 0 Å². The molecular formula is C18H16O4. The van der Waals surface area contributed by atoms with Gasteiger partial charge in [0.1, 0.15) is 6.10 Å². The minimum absolute atomic E-state index is 0.441. The SMILES string of the molecule is O=C(O[C@H]1[C@@H](O)C=CO[C@H]1c1ccccc1)c1ccccc1. The molecule has 1 aliphatic rings. The summed E-state index contributed by atoms with van der Waals surface area (Å²) in [5.74, 6) is -0.482. The van der Waals surface area contributed by atoms with Crippen LogP contribution in [0.5, 0.6) is 0 Å². The molecule has 1 aliphatic heterocycles. The van der Waals surface area contributed by atoms with Crippen molar-refractivity contribution in [3.63, 3.8) is 0 Å². The van der Waals surface area contributed by atoms with Gasteiger partial charge in [0.2, 0.25) is 0 Å². The molecular weight excluding hydrogens is 280 g/mol. The largest absolute Gasteiger partial charge is 0.490 e. The first-order valence-corrected chi connectivity index (χ1v) is 7.07. The smallest absolute Gasteiger partial charge is 0.338 e. The van der Waals surface area contributed by atoms with Gasteiger partial charge in [0, 0.05) is 0 Å². The highest BCUT2D eigenvalue weighted by Crippen LogP contribution is 2.30. The van der Waals surface area contributed by atoms with E-state index in [4.69, 9.17) is 9.47 Å². The zero-order chi connectivity index (χ0) is 15.4. The first-order chi connectivity index (χ1) is 10.8. The summed E-state index contributed by atoms with van der Waals surface area (Å²) in [6.07, 6.45) is 0.679. The van der Waals surface area contributed by atoms with Gasteiger partial charge < -0.3 is 14.6 Å². The lowest BCUT2D eigenvalue weighted by Crippen LogP contribution is -2.38. The first kappa shape index (κ1) is 14.4. The molecule has 3 atom stereocenters. The summed E-state index contributed by atoms with van der Waals surface area (Å²) in [6.45, 7) is 0. The summed E-state index contributed by atoms with van der Waals surface area (Å²) in [4.78, 5) is 12.2. The predicted octanol–water partition coefficient (Wildman–Crippen LogP) is 2.86. The number of carbonyl (C=O) groups excluding carboxylic acids is 1. The molecule has 112 valence electrons. The molecule has 2 aromatic rings. The molecule has 0 amide bonds. The van der Waals surface area contributed by atoms with Gasteiger partial charge in [-0.2, -0.15) is 0 Å². The van der Waals surface area contributed by atoms with Gasteiger partial charge in [0.05, 0.1) is 11.8 Å². The Hall–Kier alpha value is -2.59. The number of rotatable bonds is 3. The predicted molar refractivity (Wildman–Crippen MR) is 81.1 cm³/mol. The molecule has 0 aromatic heterocycles. The fourth-order valence-corrected chi connectivity index (χ4v) is 2.38. The molecule has 0 radical (unpaired) electrons. The van der Waals surface area contributed by atoms with Crippen LogP contribution in [0.4, 0.5) is 0 Å². The van der Waals surface area contributed by atoms with Gasteiger partial charge >= 0.3 is 5.97 Å². The standard InChI is InChI=1S/C18H16O4/c19-15-11-12-21-16(13-7-3-1-4-8-13)17(15)22-18(20)14-9-5-2-6-10-14/h1-12,15-17,19H/t15-,16-,17-/m0/s1. The molecule has 0 bridgehead atoms. The van der Waals surface area contributed by atoms with E-state index in [0.29, 0.717) is 5.56 Å². The van der Waals surface area contributed by atoms with Crippen molar-refractivity contribution in [2.24, 2.45) is 0 Å². The van der Waals surface area contributed by atoms with E-state index in [1.807, 2.05) is 36.4 Å². The quantitative estimate of drug-likeness (QED) is 0.885. The number of aliphatic hydroxyl groups excluding tert-OH is 1. The molecule has 0 saturated heterocycles. The third-order valence-corrected chi connectivity index (χ3v) is 3.52. The van der Waals surface area contributed by atoms with Gasteiger partial charge in [-0.15, -0.1) is 0 Å². The molecule has 0 saturated carbocycles. The number of carbonyl (C=O) groups is 1. The minimum Gasteiger partial charge on any atom is -0.490 e. The third kappa shape index (κ3) is 3.02. The van der Waals surface area contributed by atoms with Crippen molar-refractivity contribution < 1.29 is 19.4 Å². The monoisotopic (exact) mass is 296 g/mol. The van der Waals surface area contributed by atoms with Crippen LogP contribution < -0.4 is 0 Å². The summed E-state index contributed by atoms with van der Waals surface area (Å²) >= 11 is 0. The van der Waals surface area contributed by atoms with Crippen molar-refractivity contribution >= 4 is 5.97 Å². The average Bonchev–Trinajstić information content (AvgIpc) is 2.58. The molecule has 0 unspecified atom stereocenters. The van der Waals surface area contributed by atoms with Crippen molar-refractivity contribution in [1.29, 1.82) is 0 Å². The zero-order valence-corrected chi connectivity index (χ0v) is 11.8. The minimum atomic E-state index is -0.911. The maximum atomic E-state index is 12.2. The topological polar surface area (TPSA) is 55.8 Å². The lowest BCUT2D eigenvalue weighted by molar-refractivity contribution is -0.0782. The van der Waals surface area contributed by atoms with Crippen LogP contribution in [-0.2, 0) is 9.47 Å². The number of hydrogen-bond donors (Lipinski definition) is 1. The van der Waals surface area contributed by atoms with Crippen LogP contribution in [0.1, 0.15) is 22.0 Å². The molecule has 0 fully saturated rings. The van der Waals surface area contributed by atoms with E-state index in [1.54, 1.807) is 24.3 Å². The molecule has 1 N–H and O–H groups in total. The van der Waals surface area contributed by atoms with Crippen LogP contribution in [0.3, 0.4) is 0 Å². The Labute approximate surface area is 128 Å². The number of ether oxygens (including phenoxy) is 2. The van der Waals surface area contributed by atoms with Gasteiger partial charge in [-0.25, -0.2) is 4.79 Å². The van der Waals surface area contributed by atoms with E-state index >= 15 is 0 Å². The second-order valence-corrected chi connectivity index (χ2v) is 5.02. The lowest BCUT2D eigenvalue weighted by atomic mass is 9.98. The normalized spacial score (nSPS) is 23.6. The Morgan fingerprint density at radius 2 is 1.64 bits per heavy atom. The number of hydrogen-bond acceptors (Lipinski definition) is 4. The van der Waals surface area contributed by atoms with Crippen molar-refractivity contribution in [2.45, 2.75) is 18.3 Å². The van der Waals surface area contributed by atoms with Crippen LogP contribution in [0.2, 0.25) is 0 Å². The molecule has 0 aliphatic carbocycles. The fourth-order valence-electron chi connectivity index (χ4n) is 2.38. The summed E-state index contributed by atoms with van der Waals surface area (Å²) in [7, 11) is 0. The van der Waals surface area contributed by atoms with Crippen LogP contribution in [0, 0.1) is 0 Å². The number of aliphatic hydroxyl groups is 1. The molecule has 4 nitrogen and oxygen atoms in total. The first-order valence-electron chi connectivity index (χ1n) is 7.07. The van der Waals surface area contributed by atoms with Crippen LogP contribution in [-0.4, -0.2) is 23.3 Å². The summed E-state index contributed by atoms with van der Waals surface area (Å²) in [5, 5.41) is 10.2. The van der Waals surface area contributed by atoms with Crippen molar-refractivity contribution in [3.8, 4) is 0 Å². The van der Waals surface area contributed by atoms with E-state index in [0.717, 1.165) is 5.56 Å². The molecule has 4 heteroatoms. The third-order valence-electron chi connectivity index (χ3n) is 3.52. The van der Waals surface area contributed by atoms with E-state index in [2.05, 4.69) is 0 Å². The molecule has 1 heterocycles. The lowest BCUT2D eigenvalue weighted by Gasteiger charge is -2.32. The number of benzene rings is 2. The average molecular weight is 296 g/mol. The fraction of sp³-hybridized carbons (Fsp3) is 0.167. The molecule has 2 aromatic carbocycles. The Kier molecular flexibility index (Phi) is 4.21. The summed E-state index contributed by atoms with van der Waals surface area (Å²) in [5.41, 5.74) is 1.29. The van der Waals surface area contributed by atoms with Crippen molar-refractivity contribution in [1.82, 2.24) is 0 Å². The van der Waals surface area contributed by atoms with Gasteiger partial charge in [0.15, 0.2) is 12.2 Å². The molecule has 0 spiro atoms. The van der Waals surface area contributed by atoms with E-state index in [-0.39, 0.29) is 0 Å². The van der Waals surface area contributed by atoms with Crippen LogP contribution >= 0.6 is 0 Å². The molecule has 22 heavy (non-hydrogen) atoms. The van der Waals surface area contributed by atoms with Gasteiger partial charge in [-0.1, -0.05) is 48.5 Å². The summed E-state index contributed by atoms with van der Waals surface area (Å²) < 4.78 is 11.1. The highest BCUT2D eigenvalue weighted by atomic mass is 16.6. The van der Waals surface area contributed by atoms with E-state index in [1.165, 1.54) is 12.3 Å². The van der Waals surface area contributed by atoms with Crippen molar-refractivity contribution in [2.75, 3.05) is 0 Å². The van der Waals surface area contributed by atoms with E-state index in [9.17, 15) is 9.90 Å². The Morgan fingerprint density at radius 1 is 1.00 bits per heavy atom. The van der Waals surface area contributed by atoms with Gasteiger partial charge in [0.25, 0.3) is 0 Å². The maximum Gasteiger partial charge on any atom is 0.338 e. The maximum absolute atomic E-state index is 12.2. The Balaban J connectivity index is 1.82. The van der Waals surface area contributed by atoms with E-state index < -0.39 is 24.3 Å². The zero-order valence-electron chi connectivity index (χ0n) is 11.8. The van der Waals surface area contributed by atoms with Gasteiger partial charge in [-0.05, 0) is 23.8 Å². The second kappa shape index (κ2) is 6.45. The van der Waals surface area contributed by atoms with Crippen molar-refractivity contribution in [3.05, 3.63) is 84.1 Å². The van der Waals surface area contributed by atoms with Crippen LogP contribution in [0.15, 0.2) is 73.0 Å². The van der Waals surface area contributed by atoms with Gasteiger partial charge in [-0.3, -0.25) is 0 Å². The summed E-state index contributed by atoms with van der Waals surface area (Å²) in [6, 6.07) is 18.1. The number of esters is 1. The molecule has 3 rings (SSSR count). The highest BCUT2D eigenvalue weighted by molar-refractivity contribution is 5.89.